The normalized spacial score (nSPS) is 13.0. The number of nitrogens with zero attached hydrogens (tertiary/aromatic N) is 3. The van der Waals surface area contributed by atoms with Crippen LogP contribution in [-0.2, 0) is 29.1 Å². The van der Waals surface area contributed by atoms with E-state index in [0.717, 1.165) is 16.9 Å². The van der Waals surface area contributed by atoms with Crippen molar-refractivity contribution in [3.63, 3.8) is 0 Å². The number of imide groups is 1. The lowest BCUT2D eigenvalue weighted by Crippen LogP contribution is -2.42. The summed E-state index contributed by atoms with van der Waals surface area (Å²) in [5.41, 5.74) is 2.67. The van der Waals surface area contributed by atoms with Gasteiger partial charge in [-0.3, -0.25) is 14.5 Å². The van der Waals surface area contributed by atoms with Crippen molar-refractivity contribution in [2.45, 2.75) is 19.6 Å². The van der Waals surface area contributed by atoms with Crippen LogP contribution in [0.15, 0.2) is 55.1 Å². The minimum absolute atomic E-state index is 0.0245. The van der Waals surface area contributed by atoms with Crippen molar-refractivity contribution in [1.82, 2.24) is 9.47 Å². The largest absolute Gasteiger partial charge is 0.497 e. The SMILES string of the molecule is C=CC[n+]1c(CN2C(=O)c3ccccc3C2=O)n(CCOCCOCCO)c2ccc(OC)cc21. The van der Waals surface area contributed by atoms with Gasteiger partial charge in [0.25, 0.3) is 17.6 Å². The van der Waals surface area contributed by atoms with Gasteiger partial charge >= 0.3 is 0 Å². The molecule has 184 valence electrons. The predicted molar refractivity (Wildman–Crippen MR) is 128 cm³/mol. The third-order valence-electron chi connectivity index (χ3n) is 5.94. The second-order valence-electron chi connectivity index (χ2n) is 8.01. The fraction of sp³-hybridized carbons (Fsp3) is 0.346. The minimum atomic E-state index is -0.303. The van der Waals surface area contributed by atoms with Gasteiger partial charge in [-0.2, -0.15) is 0 Å². The Kier molecular flexibility index (Phi) is 7.91. The van der Waals surface area contributed by atoms with Gasteiger partial charge in [-0.1, -0.05) is 24.8 Å². The second-order valence-corrected chi connectivity index (χ2v) is 8.01. The highest BCUT2D eigenvalue weighted by atomic mass is 16.5. The van der Waals surface area contributed by atoms with Crippen molar-refractivity contribution < 1.29 is 33.5 Å². The molecule has 0 saturated heterocycles. The average Bonchev–Trinajstić information content (AvgIpc) is 3.30. The molecule has 2 heterocycles. The number of hydrogen-bond donors (Lipinski definition) is 1. The van der Waals surface area contributed by atoms with Crippen LogP contribution in [0.5, 0.6) is 5.75 Å². The molecule has 0 saturated carbocycles. The molecule has 35 heavy (non-hydrogen) atoms. The zero-order chi connectivity index (χ0) is 24.8. The van der Waals surface area contributed by atoms with Crippen LogP contribution in [0.1, 0.15) is 26.5 Å². The molecular formula is C26H30N3O6+. The Bertz CT molecular complexity index is 1200. The molecule has 0 bridgehead atoms. The second kappa shape index (κ2) is 11.3. The molecule has 1 aromatic heterocycles. The molecule has 0 radical (unpaired) electrons. The van der Waals surface area contributed by atoms with E-state index in [1.807, 2.05) is 22.8 Å². The summed E-state index contributed by atoms with van der Waals surface area (Å²) in [5, 5.41) is 8.80. The highest BCUT2D eigenvalue weighted by molar-refractivity contribution is 6.21. The maximum atomic E-state index is 13.1. The number of ether oxygens (including phenoxy) is 3. The first kappa shape index (κ1) is 24.6. The Morgan fingerprint density at radius 2 is 1.69 bits per heavy atom. The van der Waals surface area contributed by atoms with Crippen LogP contribution < -0.4 is 9.30 Å². The topological polar surface area (TPSA) is 94.1 Å². The first-order valence-electron chi connectivity index (χ1n) is 11.5. The number of fused-ring (bicyclic) bond motifs is 2. The van der Waals surface area contributed by atoms with Gasteiger partial charge in [-0.15, -0.1) is 0 Å². The maximum absolute atomic E-state index is 13.1. The molecule has 0 spiro atoms. The molecule has 3 aromatic rings. The molecule has 0 atom stereocenters. The number of aromatic nitrogens is 2. The lowest BCUT2D eigenvalue weighted by Gasteiger charge is -2.13. The summed E-state index contributed by atoms with van der Waals surface area (Å²) >= 11 is 0. The summed E-state index contributed by atoms with van der Waals surface area (Å²) in [4.78, 5) is 27.5. The number of aliphatic hydroxyl groups excluding tert-OH is 1. The Hall–Kier alpha value is -3.53. The van der Waals surface area contributed by atoms with E-state index in [1.54, 1.807) is 37.5 Å². The number of amides is 2. The van der Waals surface area contributed by atoms with Crippen molar-refractivity contribution in [2.75, 3.05) is 40.1 Å². The number of imidazole rings is 1. The predicted octanol–water partition coefficient (Wildman–Crippen LogP) is 1.95. The Morgan fingerprint density at radius 1 is 1.00 bits per heavy atom. The van der Waals surface area contributed by atoms with Crippen molar-refractivity contribution >= 4 is 22.8 Å². The van der Waals surface area contributed by atoms with Gasteiger partial charge in [-0.05, 0) is 24.3 Å². The van der Waals surface area contributed by atoms with E-state index >= 15 is 0 Å². The number of hydrogen-bond acceptors (Lipinski definition) is 6. The fourth-order valence-electron chi connectivity index (χ4n) is 4.32. The molecule has 0 fully saturated rings. The molecule has 0 unspecified atom stereocenters. The zero-order valence-electron chi connectivity index (χ0n) is 19.8. The van der Waals surface area contributed by atoms with Crippen LogP contribution in [-0.4, -0.2) is 66.5 Å². The summed E-state index contributed by atoms with van der Waals surface area (Å²) in [7, 11) is 1.61. The Labute approximate surface area is 203 Å². The van der Waals surface area contributed by atoms with Crippen molar-refractivity contribution in [1.29, 1.82) is 0 Å². The third kappa shape index (κ3) is 4.97. The summed E-state index contributed by atoms with van der Waals surface area (Å²) in [6, 6.07) is 12.7. The Morgan fingerprint density at radius 3 is 2.31 bits per heavy atom. The van der Waals surface area contributed by atoms with Crippen LogP contribution in [0.3, 0.4) is 0 Å². The molecule has 1 aliphatic rings. The van der Waals surface area contributed by atoms with Gasteiger partial charge in [0.05, 0.1) is 51.3 Å². The van der Waals surface area contributed by atoms with E-state index in [9.17, 15) is 9.59 Å². The molecule has 9 heteroatoms. The van der Waals surface area contributed by atoms with E-state index in [-0.39, 0.29) is 31.6 Å². The van der Waals surface area contributed by atoms with Crippen LogP contribution in [0.2, 0.25) is 0 Å². The molecule has 4 rings (SSSR count). The number of carbonyl (C=O) groups excluding carboxylic acids is 2. The van der Waals surface area contributed by atoms with E-state index in [2.05, 4.69) is 11.1 Å². The first-order chi connectivity index (χ1) is 17.1. The summed E-state index contributed by atoms with van der Waals surface area (Å²) < 4.78 is 20.5. The number of carbonyl (C=O) groups is 2. The molecule has 0 aliphatic carbocycles. The van der Waals surface area contributed by atoms with E-state index < -0.39 is 0 Å². The number of aliphatic hydroxyl groups is 1. The number of allylic oxidation sites excluding steroid dienone is 1. The lowest BCUT2D eigenvalue weighted by atomic mass is 10.1. The van der Waals surface area contributed by atoms with Crippen molar-refractivity contribution in [2.24, 2.45) is 0 Å². The average molecular weight is 481 g/mol. The third-order valence-corrected chi connectivity index (χ3v) is 5.94. The van der Waals surface area contributed by atoms with Gasteiger partial charge in [-0.25, -0.2) is 9.13 Å². The molecule has 2 amide bonds. The van der Waals surface area contributed by atoms with Crippen LogP contribution >= 0.6 is 0 Å². The standard InChI is InChI=1S/C26H30N3O6/c1-3-10-27-23-17-19(33-2)8-9-22(23)28(11-13-34-15-16-35-14-12-30)24(27)18-29-25(31)20-6-4-5-7-21(20)26(29)32/h3-9,17,30H,1,10-16,18H2,2H3/q+1. The smallest absolute Gasteiger partial charge is 0.278 e. The first-order valence-corrected chi connectivity index (χ1v) is 11.5. The minimum Gasteiger partial charge on any atom is -0.497 e. The van der Waals surface area contributed by atoms with E-state index in [4.69, 9.17) is 19.3 Å². The quantitative estimate of drug-likeness (QED) is 0.174. The van der Waals surface area contributed by atoms with Crippen LogP contribution in [0.25, 0.3) is 11.0 Å². The van der Waals surface area contributed by atoms with Crippen molar-refractivity contribution in [3.8, 4) is 5.75 Å². The van der Waals surface area contributed by atoms with Crippen LogP contribution in [0, 0.1) is 0 Å². The van der Waals surface area contributed by atoms with Gasteiger partial charge in [0.15, 0.2) is 11.0 Å². The maximum Gasteiger partial charge on any atom is 0.278 e. The summed E-state index contributed by atoms with van der Waals surface area (Å²) in [5.74, 6) is 0.879. The number of methoxy groups -OCH3 is 1. The molecular weight excluding hydrogens is 450 g/mol. The zero-order valence-corrected chi connectivity index (χ0v) is 19.8. The highest BCUT2D eigenvalue weighted by Crippen LogP contribution is 2.26. The van der Waals surface area contributed by atoms with Crippen molar-refractivity contribution in [3.05, 3.63) is 72.1 Å². The van der Waals surface area contributed by atoms with Gasteiger partial charge in [0.2, 0.25) is 0 Å². The van der Waals surface area contributed by atoms with Gasteiger partial charge in [0, 0.05) is 6.07 Å². The van der Waals surface area contributed by atoms with Crippen LogP contribution in [0.4, 0.5) is 0 Å². The number of benzene rings is 2. The Balaban J connectivity index is 1.67. The van der Waals surface area contributed by atoms with E-state index in [0.29, 0.717) is 49.8 Å². The van der Waals surface area contributed by atoms with Gasteiger partial charge < -0.3 is 19.3 Å². The summed E-state index contributed by atoms with van der Waals surface area (Å²) in [6.07, 6.45) is 1.78. The molecule has 9 nitrogen and oxygen atoms in total. The monoisotopic (exact) mass is 480 g/mol. The molecule has 1 aliphatic heterocycles. The highest BCUT2D eigenvalue weighted by Gasteiger charge is 2.38. The molecule has 2 aromatic carbocycles. The number of rotatable bonds is 13. The fourth-order valence-corrected chi connectivity index (χ4v) is 4.32. The van der Waals surface area contributed by atoms with E-state index in [1.165, 1.54) is 4.90 Å². The lowest BCUT2D eigenvalue weighted by molar-refractivity contribution is -0.670. The molecule has 1 N–H and O–H groups in total. The summed E-state index contributed by atoms with van der Waals surface area (Å²) in [6.45, 7) is 6.44. The van der Waals surface area contributed by atoms with Gasteiger partial charge in [0.1, 0.15) is 25.4 Å².